The first-order chi connectivity index (χ1) is 7.98. The van der Waals surface area contributed by atoms with Crippen molar-refractivity contribution in [3.8, 4) is 0 Å². The molecule has 0 atom stereocenters. The van der Waals surface area contributed by atoms with E-state index < -0.39 is 8.07 Å². The van der Waals surface area contributed by atoms with Crippen LogP contribution < -0.4 is 0 Å². The predicted octanol–water partition coefficient (Wildman–Crippen LogP) is 4.82. The average Bonchev–Trinajstić information content (AvgIpc) is 2.26. The molecule has 0 radical (unpaired) electrons. The van der Waals surface area contributed by atoms with Gasteiger partial charge in [-0.15, -0.1) is 0 Å². The van der Waals surface area contributed by atoms with Gasteiger partial charge in [0.2, 0.25) is 0 Å². The van der Waals surface area contributed by atoms with Crippen LogP contribution in [0.4, 0.5) is 0 Å². The summed E-state index contributed by atoms with van der Waals surface area (Å²) in [5.41, 5.74) is 2.93. The topological polar surface area (TPSA) is 0 Å². The fraction of sp³-hybridized carbons (Fsp3) is 0.375. The van der Waals surface area contributed by atoms with Crippen LogP contribution in [0, 0.1) is 0 Å². The van der Waals surface area contributed by atoms with Gasteiger partial charge in [-0.2, -0.15) is 0 Å². The highest BCUT2D eigenvalue weighted by Crippen LogP contribution is 2.20. The Morgan fingerprint density at radius 2 is 1.35 bits per heavy atom. The van der Waals surface area contributed by atoms with Crippen LogP contribution in [-0.4, -0.2) is 8.07 Å². The molecular weight excluding hydrogens is 220 g/mol. The zero-order valence-corrected chi connectivity index (χ0v) is 12.4. The second-order valence-corrected chi connectivity index (χ2v) is 11.6. The Morgan fingerprint density at radius 3 is 1.88 bits per heavy atom. The summed E-state index contributed by atoms with van der Waals surface area (Å²) in [6, 6.07) is 15.1. The highest BCUT2D eigenvalue weighted by Gasteiger charge is 2.13. The second kappa shape index (κ2) is 4.65. The number of fused-ring (bicyclic) bond motifs is 1. The molecule has 90 valence electrons. The van der Waals surface area contributed by atoms with E-state index >= 15 is 0 Å². The predicted molar refractivity (Wildman–Crippen MR) is 80.4 cm³/mol. The van der Waals surface area contributed by atoms with E-state index in [4.69, 9.17) is 0 Å². The third-order valence-corrected chi connectivity index (χ3v) is 4.58. The molecule has 0 saturated heterocycles. The van der Waals surface area contributed by atoms with E-state index in [1.54, 1.807) is 0 Å². The first-order valence-electron chi connectivity index (χ1n) is 6.49. The molecule has 0 unspecified atom stereocenters. The van der Waals surface area contributed by atoms with Crippen molar-refractivity contribution in [3.05, 3.63) is 47.5 Å². The van der Waals surface area contributed by atoms with Gasteiger partial charge in [-0.25, -0.2) is 0 Å². The van der Waals surface area contributed by atoms with Crippen LogP contribution in [0.1, 0.15) is 18.1 Å². The molecule has 0 aliphatic rings. The molecule has 0 heterocycles. The first-order valence-corrected chi connectivity index (χ1v) is 10.2. The van der Waals surface area contributed by atoms with Gasteiger partial charge in [-0.3, -0.25) is 0 Å². The second-order valence-electron chi connectivity index (χ2n) is 6.11. The molecule has 0 fully saturated rings. The Morgan fingerprint density at radius 1 is 0.824 bits per heavy atom. The summed E-state index contributed by atoms with van der Waals surface area (Å²) < 4.78 is 0. The van der Waals surface area contributed by atoms with E-state index in [9.17, 15) is 0 Å². The zero-order chi connectivity index (χ0) is 12.5. The summed E-state index contributed by atoms with van der Waals surface area (Å²) in [4.78, 5) is 0. The van der Waals surface area contributed by atoms with Crippen LogP contribution in [0.2, 0.25) is 19.6 Å². The van der Waals surface area contributed by atoms with Crippen LogP contribution >= 0.6 is 0 Å². The van der Waals surface area contributed by atoms with Gasteiger partial charge >= 0.3 is 0 Å². The van der Waals surface area contributed by atoms with Crippen molar-refractivity contribution in [2.45, 2.75) is 39.0 Å². The molecule has 0 saturated carbocycles. The van der Waals surface area contributed by atoms with Crippen molar-refractivity contribution in [1.29, 1.82) is 0 Å². The summed E-state index contributed by atoms with van der Waals surface area (Å²) in [5, 5.41) is 2.77. The van der Waals surface area contributed by atoms with Gasteiger partial charge in [0.25, 0.3) is 0 Å². The van der Waals surface area contributed by atoms with Gasteiger partial charge in [-0.05, 0) is 28.8 Å². The maximum absolute atomic E-state index is 2.43. The molecular formula is C16H22Si. The lowest BCUT2D eigenvalue weighted by molar-refractivity contribution is 1.15. The van der Waals surface area contributed by atoms with E-state index in [0.717, 1.165) is 6.42 Å². The third-order valence-electron chi connectivity index (χ3n) is 3.11. The van der Waals surface area contributed by atoms with E-state index in [0.29, 0.717) is 0 Å². The molecule has 0 N–H and O–H groups in total. The van der Waals surface area contributed by atoms with Crippen LogP contribution in [-0.2, 0) is 12.5 Å². The van der Waals surface area contributed by atoms with Crippen molar-refractivity contribution in [2.75, 3.05) is 0 Å². The monoisotopic (exact) mass is 242 g/mol. The van der Waals surface area contributed by atoms with Gasteiger partial charge in [0.1, 0.15) is 0 Å². The minimum absolute atomic E-state index is 1.00. The molecule has 0 nitrogen and oxygen atoms in total. The molecule has 0 bridgehead atoms. The molecule has 0 aliphatic carbocycles. The smallest absolute Gasteiger partial charge is 0.0487 e. The lowest BCUT2D eigenvalue weighted by Gasteiger charge is -2.16. The largest absolute Gasteiger partial charge is 0.0693 e. The van der Waals surface area contributed by atoms with Crippen molar-refractivity contribution >= 4 is 18.8 Å². The van der Waals surface area contributed by atoms with Gasteiger partial charge in [0.15, 0.2) is 0 Å². The Bertz CT molecular complexity index is 521. The molecule has 2 rings (SSSR count). The third kappa shape index (κ3) is 3.19. The van der Waals surface area contributed by atoms with Crippen LogP contribution in [0.15, 0.2) is 36.4 Å². The van der Waals surface area contributed by atoms with Crippen LogP contribution in [0.5, 0.6) is 0 Å². The minimum atomic E-state index is -1.00. The van der Waals surface area contributed by atoms with Crippen LogP contribution in [0.25, 0.3) is 10.8 Å². The number of hydrogen-bond donors (Lipinski definition) is 0. The first kappa shape index (κ1) is 12.4. The van der Waals surface area contributed by atoms with Crippen molar-refractivity contribution in [2.24, 2.45) is 0 Å². The SMILES string of the molecule is CCc1ccc2cc(C[Si](C)(C)C)ccc2c1. The Balaban J connectivity index is 2.38. The molecule has 17 heavy (non-hydrogen) atoms. The molecule has 0 aromatic heterocycles. The van der Waals surface area contributed by atoms with E-state index in [-0.39, 0.29) is 0 Å². The van der Waals surface area contributed by atoms with Crippen LogP contribution in [0.3, 0.4) is 0 Å². The number of rotatable bonds is 3. The Labute approximate surface area is 106 Å². The van der Waals surface area contributed by atoms with Crippen molar-refractivity contribution in [3.63, 3.8) is 0 Å². The van der Waals surface area contributed by atoms with Gasteiger partial charge in [0, 0.05) is 8.07 Å². The minimum Gasteiger partial charge on any atom is -0.0693 e. The lowest BCUT2D eigenvalue weighted by Crippen LogP contribution is -2.23. The fourth-order valence-corrected chi connectivity index (χ4v) is 3.73. The molecule has 0 aliphatic heterocycles. The molecule has 0 amide bonds. The number of hydrogen-bond acceptors (Lipinski definition) is 0. The number of benzene rings is 2. The van der Waals surface area contributed by atoms with Gasteiger partial charge < -0.3 is 0 Å². The standard InChI is InChI=1S/C16H22Si/c1-5-13-6-8-16-11-14(12-17(2,3)4)7-9-15(16)10-13/h6-11H,5,12H2,1-4H3. The summed E-state index contributed by atoms with van der Waals surface area (Å²) in [6.07, 6.45) is 1.12. The molecule has 2 aromatic carbocycles. The highest BCUT2D eigenvalue weighted by molar-refractivity contribution is 6.75. The average molecular weight is 242 g/mol. The zero-order valence-electron chi connectivity index (χ0n) is 11.4. The molecule has 0 spiro atoms. The summed E-state index contributed by atoms with van der Waals surface area (Å²) in [7, 11) is -1.00. The van der Waals surface area contributed by atoms with E-state index in [1.165, 1.54) is 27.9 Å². The fourth-order valence-electron chi connectivity index (χ4n) is 2.29. The van der Waals surface area contributed by atoms with Crippen molar-refractivity contribution in [1.82, 2.24) is 0 Å². The Hall–Kier alpha value is -1.08. The summed E-state index contributed by atoms with van der Waals surface area (Å²) >= 11 is 0. The van der Waals surface area contributed by atoms with Crippen molar-refractivity contribution < 1.29 is 0 Å². The highest BCUT2D eigenvalue weighted by atomic mass is 28.3. The maximum atomic E-state index is 2.43. The lowest BCUT2D eigenvalue weighted by atomic mass is 10.0. The van der Waals surface area contributed by atoms with Gasteiger partial charge in [0.05, 0.1) is 0 Å². The quantitative estimate of drug-likeness (QED) is 0.677. The summed E-state index contributed by atoms with van der Waals surface area (Å²) in [6.45, 7) is 9.49. The molecule has 1 heteroatoms. The molecule has 2 aromatic rings. The van der Waals surface area contributed by atoms with E-state index in [1.807, 2.05) is 0 Å². The van der Waals surface area contributed by atoms with Gasteiger partial charge in [-0.1, -0.05) is 68.5 Å². The van der Waals surface area contributed by atoms with E-state index in [2.05, 4.69) is 63.0 Å². The Kier molecular flexibility index (Phi) is 3.39. The maximum Gasteiger partial charge on any atom is 0.0487 e. The number of aryl methyl sites for hydroxylation is 1. The summed E-state index contributed by atoms with van der Waals surface area (Å²) in [5.74, 6) is 0. The normalized spacial score (nSPS) is 12.0.